The predicted molar refractivity (Wildman–Crippen MR) is 52.8 cm³/mol. The normalized spacial score (nSPS) is 25.0. The van der Waals surface area contributed by atoms with Crippen molar-refractivity contribution in [3.8, 4) is 0 Å². The topological polar surface area (TPSA) is 67.5 Å². The monoisotopic (exact) mass is 203 g/mol. The van der Waals surface area contributed by atoms with Crippen LogP contribution in [0, 0.1) is 5.92 Å². The first-order chi connectivity index (χ1) is 6.24. The van der Waals surface area contributed by atoms with Gasteiger partial charge >= 0.3 is 6.03 Å². The van der Waals surface area contributed by atoms with Crippen LogP contribution >= 0.6 is 11.6 Å². The summed E-state index contributed by atoms with van der Waals surface area (Å²) in [6.45, 7) is 0. The van der Waals surface area contributed by atoms with E-state index < -0.39 is 6.03 Å². The molecule has 0 radical (unpaired) electrons. The number of primary amides is 1. The fourth-order valence-corrected chi connectivity index (χ4v) is 1.88. The van der Waals surface area contributed by atoms with Crippen molar-refractivity contribution in [2.24, 2.45) is 16.8 Å². The summed E-state index contributed by atoms with van der Waals surface area (Å²) < 4.78 is 0. The van der Waals surface area contributed by atoms with Crippen LogP contribution in [0.1, 0.15) is 25.7 Å². The second-order valence-electron chi connectivity index (χ2n) is 3.15. The summed E-state index contributed by atoms with van der Waals surface area (Å²) in [5.74, 6) is 1.07. The molecule has 2 amide bonds. The van der Waals surface area contributed by atoms with Gasteiger partial charge in [0.2, 0.25) is 0 Å². The molecule has 1 atom stereocenters. The zero-order valence-electron chi connectivity index (χ0n) is 7.42. The summed E-state index contributed by atoms with van der Waals surface area (Å²) in [5.41, 5.74) is 8.19. The van der Waals surface area contributed by atoms with Gasteiger partial charge in [0, 0.05) is 17.5 Å². The quantitative estimate of drug-likeness (QED) is 0.529. The highest BCUT2D eigenvalue weighted by molar-refractivity contribution is 6.18. The third-order valence-electron chi connectivity index (χ3n) is 2.22. The molecule has 1 saturated carbocycles. The van der Waals surface area contributed by atoms with Crippen LogP contribution in [0.5, 0.6) is 0 Å². The standard InChI is InChI=1S/C8H14ClN3O/c9-5-4-6-2-1-3-7(6)11-12-8(10)13/h6H,1-5H2,(H3,10,12,13)/b11-7+. The second kappa shape index (κ2) is 5.07. The Kier molecular flexibility index (Phi) is 4.02. The summed E-state index contributed by atoms with van der Waals surface area (Å²) >= 11 is 5.64. The Balaban J connectivity index is 2.46. The molecule has 3 N–H and O–H groups in total. The smallest absolute Gasteiger partial charge is 0.332 e. The minimum atomic E-state index is -0.607. The van der Waals surface area contributed by atoms with Gasteiger partial charge in [-0.3, -0.25) is 0 Å². The summed E-state index contributed by atoms with van der Waals surface area (Å²) in [5, 5.41) is 3.96. The molecular weight excluding hydrogens is 190 g/mol. The third-order valence-corrected chi connectivity index (χ3v) is 2.44. The first-order valence-electron chi connectivity index (χ1n) is 4.42. The van der Waals surface area contributed by atoms with Crippen LogP contribution in [0.4, 0.5) is 4.79 Å². The molecule has 13 heavy (non-hydrogen) atoms. The average Bonchev–Trinajstić information content (AvgIpc) is 2.49. The fourth-order valence-electron chi connectivity index (χ4n) is 1.62. The van der Waals surface area contributed by atoms with Crippen LogP contribution in [0.15, 0.2) is 5.10 Å². The van der Waals surface area contributed by atoms with Gasteiger partial charge < -0.3 is 5.73 Å². The number of hydrogen-bond donors (Lipinski definition) is 2. The molecule has 0 spiro atoms. The van der Waals surface area contributed by atoms with E-state index in [0.717, 1.165) is 31.4 Å². The Bertz CT molecular complexity index is 217. The third kappa shape index (κ3) is 3.22. The van der Waals surface area contributed by atoms with E-state index in [1.54, 1.807) is 0 Å². The number of nitrogens with one attached hydrogen (secondary N) is 1. The van der Waals surface area contributed by atoms with Crippen LogP contribution < -0.4 is 11.2 Å². The van der Waals surface area contributed by atoms with Gasteiger partial charge in [-0.2, -0.15) is 5.10 Å². The SMILES string of the molecule is NC(=O)N/N=C1\CCCC1CCCl. The van der Waals surface area contributed by atoms with E-state index in [4.69, 9.17) is 17.3 Å². The van der Waals surface area contributed by atoms with E-state index in [-0.39, 0.29) is 0 Å². The maximum Gasteiger partial charge on any atom is 0.332 e. The number of rotatable bonds is 3. The maximum atomic E-state index is 10.4. The lowest BCUT2D eigenvalue weighted by atomic mass is 10.0. The number of hydrogen-bond acceptors (Lipinski definition) is 2. The van der Waals surface area contributed by atoms with E-state index in [1.807, 2.05) is 0 Å². The van der Waals surface area contributed by atoms with Crippen LogP contribution in [0.3, 0.4) is 0 Å². The van der Waals surface area contributed by atoms with Crippen molar-refractivity contribution in [1.82, 2.24) is 5.43 Å². The summed E-state index contributed by atoms with van der Waals surface area (Å²) in [6.07, 6.45) is 4.12. The zero-order valence-corrected chi connectivity index (χ0v) is 8.18. The molecule has 0 aromatic heterocycles. The highest BCUT2D eigenvalue weighted by atomic mass is 35.5. The molecule has 1 unspecified atom stereocenters. The molecule has 1 rings (SSSR count). The zero-order chi connectivity index (χ0) is 9.68. The summed E-state index contributed by atoms with van der Waals surface area (Å²) in [6, 6.07) is -0.607. The van der Waals surface area contributed by atoms with Crippen molar-refractivity contribution in [3.63, 3.8) is 0 Å². The van der Waals surface area contributed by atoms with Gasteiger partial charge in [0.25, 0.3) is 0 Å². The van der Waals surface area contributed by atoms with Gasteiger partial charge in [-0.25, -0.2) is 10.2 Å². The predicted octanol–water partition coefficient (Wildman–Crippen LogP) is 1.44. The average molecular weight is 204 g/mol. The lowest BCUT2D eigenvalue weighted by molar-refractivity contribution is 0.249. The van der Waals surface area contributed by atoms with Crippen molar-refractivity contribution in [3.05, 3.63) is 0 Å². The first kappa shape index (κ1) is 10.3. The number of nitrogens with two attached hydrogens (primary N) is 1. The van der Waals surface area contributed by atoms with Crippen molar-refractivity contribution in [2.45, 2.75) is 25.7 Å². The van der Waals surface area contributed by atoms with Crippen molar-refractivity contribution in [2.75, 3.05) is 5.88 Å². The van der Waals surface area contributed by atoms with Crippen molar-refractivity contribution in [1.29, 1.82) is 0 Å². The number of carbonyl (C=O) groups excluding carboxylic acids is 1. The van der Waals surface area contributed by atoms with Crippen LogP contribution in [-0.4, -0.2) is 17.6 Å². The molecule has 74 valence electrons. The number of amides is 2. The van der Waals surface area contributed by atoms with Crippen LogP contribution in [0.25, 0.3) is 0 Å². The molecule has 0 aromatic carbocycles. The maximum absolute atomic E-state index is 10.4. The van der Waals surface area contributed by atoms with Crippen molar-refractivity contribution >= 4 is 23.3 Å². The van der Waals surface area contributed by atoms with Gasteiger partial charge in [0.1, 0.15) is 0 Å². The summed E-state index contributed by atoms with van der Waals surface area (Å²) in [7, 11) is 0. The van der Waals surface area contributed by atoms with Gasteiger partial charge in [0.15, 0.2) is 0 Å². The van der Waals surface area contributed by atoms with E-state index in [9.17, 15) is 4.79 Å². The largest absolute Gasteiger partial charge is 0.350 e. The number of alkyl halides is 1. The fraction of sp³-hybridized carbons (Fsp3) is 0.750. The van der Waals surface area contributed by atoms with Gasteiger partial charge in [-0.15, -0.1) is 11.6 Å². The molecule has 1 aliphatic rings. The lowest BCUT2D eigenvalue weighted by Gasteiger charge is -2.07. The van der Waals surface area contributed by atoms with Gasteiger partial charge in [-0.05, 0) is 25.7 Å². The summed E-state index contributed by atoms with van der Waals surface area (Å²) in [4.78, 5) is 10.4. The molecule has 1 fully saturated rings. The molecule has 0 aromatic rings. The van der Waals surface area contributed by atoms with E-state index in [0.29, 0.717) is 11.8 Å². The number of carbonyl (C=O) groups is 1. The van der Waals surface area contributed by atoms with Crippen LogP contribution in [0.2, 0.25) is 0 Å². The van der Waals surface area contributed by atoms with Crippen LogP contribution in [-0.2, 0) is 0 Å². The molecule has 1 aliphatic carbocycles. The highest BCUT2D eigenvalue weighted by Gasteiger charge is 2.21. The molecular formula is C8H14ClN3O. The molecule has 0 aliphatic heterocycles. The Labute approximate surface area is 82.5 Å². The van der Waals surface area contributed by atoms with E-state index >= 15 is 0 Å². The minimum Gasteiger partial charge on any atom is -0.350 e. The Morgan fingerprint density at radius 3 is 3.15 bits per heavy atom. The molecule has 0 bridgehead atoms. The number of hydrazone groups is 1. The molecule has 0 saturated heterocycles. The molecule has 4 nitrogen and oxygen atoms in total. The lowest BCUT2D eigenvalue weighted by Crippen LogP contribution is -2.26. The molecule has 5 heteroatoms. The van der Waals surface area contributed by atoms with Crippen molar-refractivity contribution < 1.29 is 4.79 Å². The Morgan fingerprint density at radius 1 is 1.77 bits per heavy atom. The highest BCUT2D eigenvalue weighted by Crippen LogP contribution is 2.25. The van der Waals surface area contributed by atoms with E-state index in [2.05, 4.69) is 10.5 Å². The van der Waals surface area contributed by atoms with Gasteiger partial charge in [-0.1, -0.05) is 0 Å². The first-order valence-corrected chi connectivity index (χ1v) is 4.95. The second-order valence-corrected chi connectivity index (χ2v) is 3.52. The van der Waals surface area contributed by atoms with E-state index in [1.165, 1.54) is 0 Å². The molecule has 0 heterocycles. The Morgan fingerprint density at radius 2 is 2.54 bits per heavy atom. The number of urea groups is 1. The van der Waals surface area contributed by atoms with Gasteiger partial charge in [0.05, 0.1) is 0 Å². The Hall–Kier alpha value is -0.770. The number of nitrogens with zero attached hydrogens (tertiary/aromatic N) is 1. The number of halogens is 1. The minimum absolute atomic E-state index is 0.435.